The molecule has 0 nitrogen and oxygen atoms in total. The molecule has 76 valence electrons. The second kappa shape index (κ2) is 11.8. The Kier molecular flexibility index (Phi) is 11.6. The standard InChI is InChI=1S/C12H21Cl/c1-2-3-4-5-6-7-8-9-10-11-12-13/h5-8H,2-4,9-12H2,1H3/b6-5+,8-7+. The summed E-state index contributed by atoms with van der Waals surface area (Å²) in [7, 11) is 0. The lowest BCUT2D eigenvalue weighted by molar-refractivity contribution is 0.813. The second-order valence-corrected chi connectivity index (χ2v) is 3.56. The zero-order valence-corrected chi connectivity index (χ0v) is 9.39. The molecule has 0 radical (unpaired) electrons. The molecular weight excluding hydrogens is 180 g/mol. The minimum absolute atomic E-state index is 0.792. The number of hydrogen-bond acceptors (Lipinski definition) is 0. The van der Waals surface area contributed by atoms with Crippen LogP contribution in [-0.4, -0.2) is 5.88 Å². The summed E-state index contributed by atoms with van der Waals surface area (Å²) >= 11 is 5.56. The summed E-state index contributed by atoms with van der Waals surface area (Å²) < 4.78 is 0. The topological polar surface area (TPSA) is 0 Å². The van der Waals surface area contributed by atoms with E-state index in [0.29, 0.717) is 0 Å². The van der Waals surface area contributed by atoms with Crippen molar-refractivity contribution < 1.29 is 0 Å². The number of alkyl halides is 1. The largest absolute Gasteiger partial charge is 0.127 e. The first kappa shape index (κ1) is 12.8. The van der Waals surface area contributed by atoms with Crippen LogP contribution in [0.3, 0.4) is 0 Å². The van der Waals surface area contributed by atoms with Gasteiger partial charge in [-0.05, 0) is 25.7 Å². The fourth-order valence-electron chi connectivity index (χ4n) is 1.03. The lowest BCUT2D eigenvalue weighted by Crippen LogP contribution is -1.73. The number of hydrogen-bond donors (Lipinski definition) is 0. The quantitative estimate of drug-likeness (QED) is 0.303. The Morgan fingerprint density at radius 2 is 1.54 bits per heavy atom. The molecule has 0 atom stereocenters. The first-order valence-electron chi connectivity index (χ1n) is 5.29. The summed E-state index contributed by atoms with van der Waals surface area (Å²) in [5.41, 5.74) is 0. The van der Waals surface area contributed by atoms with E-state index in [4.69, 9.17) is 11.6 Å². The van der Waals surface area contributed by atoms with Gasteiger partial charge in [0.15, 0.2) is 0 Å². The zero-order valence-electron chi connectivity index (χ0n) is 8.64. The normalized spacial score (nSPS) is 11.8. The molecule has 0 rings (SSSR count). The summed E-state index contributed by atoms with van der Waals surface area (Å²) in [5, 5.41) is 0. The third-order valence-electron chi connectivity index (χ3n) is 1.86. The van der Waals surface area contributed by atoms with E-state index in [1.807, 2.05) is 0 Å². The highest BCUT2D eigenvalue weighted by Gasteiger charge is 1.81. The van der Waals surface area contributed by atoms with Gasteiger partial charge in [0.1, 0.15) is 0 Å². The predicted molar refractivity (Wildman–Crippen MR) is 62.4 cm³/mol. The molecule has 0 aliphatic carbocycles. The van der Waals surface area contributed by atoms with Crippen molar-refractivity contribution >= 4 is 11.6 Å². The Hall–Kier alpha value is -0.230. The summed E-state index contributed by atoms with van der Waals surface area (Å²) in [6.45, 7) is 2.22. The van der Waals surface area contributed by atoms with Crippen LogP contribution in [0.25, 0.3) is 0 Å². The fraction of sp³-hybridized carbons (Fsp3) is 0.667. The molecule has 0 aromatic heterocycles. The summed E-state index contributed by atoms with van der Waals surface area (Å²) in [6, 6.07) is 0. The van der Waals surface area contributed by atoms with Gasteiger partial charge in [0, 0.05) is 5.88 Å². The van der Waals surface area contributed by atoms with E-state index in [9.17, 15) is 0 Å². The van der Waals surface area contributed by atoms with E-state index >= 15 is 0 Å². The van der Waals surface area contributed by atoms with Crippen LogP contribution in [0.2, 0.25) is 0 Å². The zero-order chi connectivity index (χ0) is 9.78. The van der Waals surface area contributed by atoms with Crippen LogP contribution in [-0.2, 0) is 0 Å². The molecule has 0 bridgehead atoms. The molecule has 0 spiro atoms. The lowest BCUT2D eigenvalue weighted by Gasteiger charge is -1.89. The third-order valence-corrected chi connectivity index (χ3v) is 2.13. The Morgan fingerprint density at radius 3 is 2.08 bits per heavy atom. The van der Waals surface area contributed by atoms with Crippen molar-refractivity contribution in [3.8, 4) is 0 Å². The van der Waals surface area contributed by atoms with Gasteiger partial charge in [0.2, 0.25) is 0 Å². The second-order valence-electron chi connectivity index (χ2n) is 3.18. The van der Waals surface area contributed by atoms with E-state index in [1.165, 1.54) is 25.7 Å². The SMILES string of the molecule is CCCC/C=C/C=C/CCCCCl. The van der Waals surface area contributed by atoms with Gasteiger partial charge in [0.05, 0.1) is 0 Å². The minimum Gasteiger partial charge on any atom is -0.127 e. The summed E-state index contributed by atoms with van der Waals surface area (Å²) in [4.78, 5) is 0. The lowest BCUT2D eigenvalue weighted by atomic mass is 10.2. The van der Waals surface area contributed by atoms with E-state index in [-0.39, 0.29) is 0 Å². The molecule has 13 heavy (non-hydrogen) atoms. The van der Waals surface area contributed by atoms with Gasteiger partial charge in [-0.3, -0.25) is 0 Å². The van der Waals surface area contributed by atoms with Crippen LogP contribution < -0.4 is 0 Å². The average molecular weight is 201 g/mol. The number of rotatable bonds is 8. The molecule has 0 N–H and O–H groups in total. The van der Waals surface area contributed by atoms with Gasteiger partial charge in [-0.15, -0.1) is 11.6 Å². The van der Waals surface area contributed by atoms with Crippen LogP contribution in [0.5, 0.6) is 0 Å². The molecule has 0 aromatic carbocycles. The summed E-state index contributed by atoms with van der Waals surface area (Å²) in [6.07, 6.45) is 16.0. The van der Waals surface area contributed by atoms with E-state index in [2.05, 4.69) is 31.2 Å². The molecular formula is C12H21Cl. The van der Waals surface area contributed by atoms with Crippen molar-refractivity contribution in [3.05, 3.63) is 24.3 Å². The number of allylic oxidation sites excluding steroid dienone is 4. The average Bonchev–Trinajstić information content (AvgIpc) is 2.16. The smallest absolute Gasteiger partial charge is 0.0223 e. The Morgan fingerprint density at radius 1 is 0.923 bits per heavy atom. The molecule has 0 saturated heterocycles. The molecule has 0 unspecified atom stereocenters. The Balaban J connectivity index is 3.15. The van der Waals surface area contributed by atoms with Gasteiger partial charge in [-0.2, -0.15) is 0 Å². The maximum atomic E-state index is 5.56. The van der Waals surface area contributed by atoms with Crippen molar-refractivity contribution in [2.75, 3.05) is 5.88 Å². The van der Waals surface area contributed by atoms with Crippen LogP contribution in [0.15, 0.2) is 24.3 Å². The van der Waals surface area contributed by atoms with Gasteiger partial charge < -0.3 is 0 Å². The minimum atomic E-state index is 0.792. The highest BCUT2D eigenvalue weighted by molar-refractivity contribution is 6.17. The fourth-order valence-corrected chi connectivity index (χ4v) is 1.22. The maximum Gasteiger partial charge on any atom is 0.0223 e. The molecule has 0 heterocycles. The molecule has 0 aliphatic heterocycles. The summed E-state index contributed by atoms with van der Waals surface area (Å²) in [5.74, 6) is 0.792. The highest BCUT2D eigenvalue weighted by atomic mass is 35.5. The van der Waals surface area contributed by atoms with Crippen molar-refractivity contribution in [3.63, 3.8) is 0 Å². The number of unbranched alkanes of at least 4 members (excludes halogenated alkanes) is 4. The maximum absolute atomic E-state index is 5.56. The first-order chi connectivity index (χ1) is 6.41. The third kappa shape index (κ3) is 11.8. The molecule has 0 amide bonds. The first-order valence-corrected chi connectivity index (χ1v) is 5.83. The highest BCUT2D eigenvalue weighted by Crippen LogP contribution is 1.99. The van der Waals surface area contributed by atoms with E-state index < -0.39 is 0 Å². The van der Waals surface area contributed by atoms with Crippen LogP contribution in [0.4, 0.5) is 0 Å². The number of halogens is 1. The monoisotopic (exact) mass is 200 g/mol. The van der Waals surface area contributed by atoms with Crippen molar-refractivity contribution in [2.45, 2.75) is 45.4 Å². The van der Waals surface area contributed by atoms with Crippen molar-refractivity contribution in [1.29, 1.82) is 0 Å². The molecule has 0 fully saturated rings. The van der Waals surface area contributed by atoms with E-state index in [1.54, 1.807) is 0 Å². The predicted octanol–water partition coefficient (Wildman–Crippen LogP) is 4.70. The van der Waals surface area contributed by atoms with Crippen LogP contribution in [0, 0.1) is 0 Å². The molecule has 0 saturated carbocycles. The Bertz CT molecular complexity index is 136. The van der Waals surface area contributed by atoms with Gasteiger partial charge in [-0.25, -0.2) is 0 Å². The molecule has 0 aromatic rings. The van der Waals surface area contributed by atoms with Crippen LogP contribution >= 0.6 is 11.6 Å². The molecule has 0 aliphatic rings. The van der Waals surface area contributed by atoms with Crippen molar-refractivity contribution in [2.24, 2.45) is 0 Å². The van der Waals surface area contributed by atoms with Gasteiger partial charge in [0.25, 0.3) is 0 Å². The van der Waals surface area contributed by atoms with Crippen molar-refractivity contribution in [1.82, 2.24) is 0 Å². The van der Waals surface area contributed by atoms with Crippen LogP contribution in [0.1, 0.15) is 45.4 Å². The molecule has 1 heteroatoms. The Labute approximate surface area is 87.7 Å². The van der Waals surface area contributed by atoms with E-state index in [0.717, 1.165) is 18.7 Å². The van der Waals surface area contributed by atoms with Gasteiger partial charge in [-0.1, -0.05) is 44.1 Å². The van der Waals surface area contributed by atoms with Gasteiger partial charge >= 0.3 is 0 Å².